The zero-order valence-electron chi connectivity index (χ0n) is 20.3. The van der Waals surface area contributed by atoms with Crippen molar-refractivity contribution in [2.24, 2.45) is 0 Å². The number of amides is 3. The number of benzene rings is 2. The predicted molar refractivity (Wildman–Crippen MR) is 132 cm³/mol. The number of anilines is 1. The minimum atomic E-state index is -0.465. The Labute approximate surface area is 204 Å². The second-order valence-corrected chi connectivity index (χ2v) is 9.53. The van der Waals surface area contributed by atoms with E-state index in [4.69, 9.17) is 4.74 Å². The number of halogens is 1. The summed E-state index contributed by atoms with van der Waals surface area (Å²) in [7, 11) is 1.54. The Morgan fingerprint density at radius 3 is 2.54 bits per heavy atom. The average Bonchev–Trinajstić information content (AvgIpc) is 2.83. The third kappa shape index (κ3) is 5.59. The van der Waals surface area contributed by atoms with Crippen molar-refractivity contribution in [3.8, 4) is 11.5 Å². The lowest BCUT2D eigenvalue weighted by molar-refractivity contribution is 0.0957. The minimum Gasteiger partial charge on any atom is -0.457 e. The van der Waals surface area contributed by atoms with Crippen LogP contribution in [0.4, 0.5) is 14.9 Å². The Morgan fingerprint density at radius 1 is 1.03 bits per heavy atom. The summed E-state index contributed by atoms with van der Waals surface area (Å²) in [5.41, 5.74) is 3.29. The molecular weight excluding hydrogens is 447 g/mol. The van der Waals surface area contributed by atoms with Gasteiger partial charge < -0.3 is 20.3 Å². The Bertz CT molecular complexity index is 1270. The average molecular weight is 477 g/mol. The maximum atomic E-state index is 14.4. The molecule has 2 heterocycles. The van der Waals surface area contributed by atoms with Gasteiger partial charge in [0.25, 0.3) is 5.91 Å². The van der Waals surface area contributed by atoms with Crippen molar-refractivity contribution in [2.45, 2.75) is 39.2 Å². The van der Waals surface area contributed by atoms with E-state index in [0.29, 0.717) is 31.0 Å². The summed E-state index contributed by atoms with van der Waals surface area (Å²) in [6.45, 7) is 7.02. The van der Waals surface area contributed by atoms with Crippen molar-refractivity contribution < 1.29 is 18.7 Å². The first-order valence-corrected chi connectivity index (χ1v) is 11.5. The third-order valence-corrected chi connectivity index (χ3v) is 5.98. The molecule has 0 spiro atoms. The summed E-state index contributed by atoms with van der Waals surface area (Å²) in [4.78, 5) is 30.5. The van der Waals surface area contributed by atoms with Gasteiger partial charge in [0, 0.05) is 32.4 Å². The van der Waals surface area contributed by atoms with E-state index in [1.54, 1.807) is 36.2 Å². The lowest BCUT2D eigenvalue weighted by Gasteiger charge is -2.29. The van der Waals surface area contributed by atoms with E-state index in [2.05, 4.69) is 15.6 Å². The van der Waals surface area contributed by atoms with Gasteiger partial charge in [-0.2, -0.15) is 0 Å². The number of fused-ring (bicyclic) bond motifs is 1. The molecule has 0 saturated heterocycles. The van der Waals surface area contributed by atoms with Crippen LogP contribution in [0.3, 0.4) is 0 Å². The SMILES string of the molecule is CNC(=O)c1cc(Oc2ccc3c(c2)CN(C(=O)Nc2cc(C(C)(C)C)ccc2F)CC3)ccn1. The zero-order valence-corrected chi connectivity index (χ0v) is 20.3. The third-order valence-electron chi connectivity index (χ3n) is 5.98. The molecule has 0 aliphatic carbocycles. The van der Waals surface area contributed by atoms with Gasteiger partial charge in [0.15, 0.2) is 0 Å². The maximum Gasteiger partial charge on any atom is 0.322 e. The number of nitrogens with one attached hydrogen (secondary N) is 2. The van der Waals surface area contributed by atoms with E-state index >= 15 is 0 Å². The van der Waals surface area contributed by atoms with E-state index in [1.165, 1.54) is 12.3 Å². The molecule has 1 aliphatic rings. The largest absolute Gasteiger partial charge is 0.457 e. The number of hydrogen-bond acceptors (Lipinski definition) is 4. The number of carbonyl (C=O) groups excluding carboxylic acids is 2. The highest BCUT2D eigenvalue weighted by Crippen LogP contribution is 2.29. The number of aromatic nitrogens is 1. The molecule has 2 N–H and O–H groups in total. The first-order chi connectivity index (χ1) is 16.6. The molecule has 2 aromatic carbocycles. The number of carbonyl (C=O) groups is 2. The number of hydrogen-bond donors (Lipinski definition) is 2. The van der Waals surface area contributed by atoms with Crippen LogP contribution >= 0.6 is 0 Å². The summed E-state index contributed by atoms with van der Waals surface area (Å²) < 4.78 is 20.3. The monoisotopic (exact) mass is 476 g/mol. The van der Waals surface area contributed by atoms with Gasteiger partial charge in [-0.25, -0.2) is 9.18 Å². The predicted octanol–water partition coefficient (Wildman–Crippen LogP) is 5.26. The van der Waals surface area contributed by atoms with Gasteiger partial charge in [0.1, 0.15) is 23.0 Å². The molecule has 4 rings (SSSR count). The minimum absolute atomic E-state index is 0.163. The summed E-state index contributed by atoms with van der Waals surface area (Å²) in [5, 5.41) is 5.27. The van der Waals surface area contributed by atoms with Crippen molar-refractivity contribution in [3.05, 3.63) is 82.9 Å². The van der Waals surface area contributed by atoms with Crippen molar-refractivity contribution in [3.63, 3.8) is 0 Å². The Hall–Kier alpha value is -3.94. The van der Waals surface area contributed by atoms with Gasteiger partial charge in [-0.1, -0.05) is 32.9 Å². The topological polar surface area (TPSA) is 83.6 Å². The van der Waals surface area contributed by atoms with Gasteiger partial charge in [-0.05, 0) is 58.9 Å². The number of ether oxygens (including phenoxy) is 1. The van der Waals surface area contributed by atoms with Crippen LogP contribution in [-0.4, -0.2) is 35.4 Å². The molecule has 1 aliphatic heterocycles. The van der Waals surface area contributed by atoms with Crippen LogP contribution in [0.5, 0.6) is 11.5 Å². The van der Waals surface area contributed by atoms with Gasteiger partial charge in [0.05, 0.1) is 5.69 Å². The van der Waals surface area contributed by atoms with E-state index in [1.807, 2.05) is 39.0 Å². The second-order valence-electron chi connectivity index (χ2n) is 9.53. The standard InChI is InChI=1S/C27H29FN4O3/c1-27(2,3)19-6-8-22(28)23(14-19)31-26(34)32-12-10-17-5-7-20(13-18(17)16-32)35-21-9-11-30-24(15-21)25(33)29-4/h5-9,11,13-15H,10,12,16H2,1-4H3,(H,29,33)(H,31,34). The summed E-state index contributed by atoms with van der Waals surface area (Å²) in [6.07, 6.45) is 2.20. The van der Waals surface area contributed by atoms with Gasteiger partial charge in [-0.3, -0.25) is 9.78 Å². The Balaban J connectivity index is 1.48. The van der Waals surface area contributed by atoms with Crippen molar-refractivity contribution >= 4 is 17.6 Å². The van der Waals surface area contributed by atoms with Crippen LogP contribution in [0, 0.1) is 5.82 Å². The highest BCUT2D eigenvalue weighted by Gasteiger charge is 2.23. The zero-order chi connectivity index (χ0) is 25.2. The Kier molecular flexibility index (Phi) is 6.73. The van der Waals surface area contributed by atoms with Crippen LogP contribution in [-0.2, 0) is 18.4 Å². The number of pyridine rings is 1. The molecule has 0 radical (unpaired) electrons. The molecule has 182 valence electrons. The molecule has 0 unspecified atom stereocenters. The molecule has 35 heavy (non-hydrogen) atoms. The molecule has 7 nitrogen and oxygen atoms in total. The normalized spacial score (nSPS) is 13.1. The number of nitrogens with zero attached hydrogens (tertiary/aromatic N) is 2. The second kappa shape index (κ2) is 9.74. The molecule has 8 heteroatoms. The number of urea groups is 1. The van der Waals surface area contributed by atoms with Crippen LogP contribution in [0.2, 0.25) is 0 Å². The fraction of sp³-hybridized carbons (Fsp3) is 0.296. The quantitative estimate of drug-likeness (QED) is 0.538. The van der Waals surface area contributed by atoms with E-state index in [9.17, 15) is 14.0 Å². The molecule has 1 aromatic heterocycles. The highest BCUT2D eigenvalue weighted by molar-refractivity contribution is 5.92. The molecule has 0 bridgehead atoms. The van der Waals surface area contributed by atoms with Crippen molar-refractivity contribution in [2.75, 3.05) is 18.9 Å². The first-order valence-electron chi connectivity index (χ1n) is 11.5. The lowest BCUT2D eigenvalue weighted by Crippen LogP contribution is -2.39. The Morgan fingerprint density at radius 2 is 1.80 bits per heavy atom. The number of rotatable bonds is 4. The van der Waals surface area contributed by atoms with Crippen LogP contribution in [0.1, 0.15) is 48.0 Å². The molecule has 0 saturated carbocycles. The van der Waals surface area contributed by atoms with Crippen molar-refractivity contribution in [1.29, 1.82) is 0 Å². The highest BCUT2D eigenvalue weighted by atomic mass is 19.1. The molecule has 3 amide bonds. The van der Waals surface area contributed by atoms with E-state index in [-0.39, 0.29) is 28.7 Å². The van der Waals surface area contributed by atoms with E-state index in [0.717, 1.165) is 16.7 Å². The van der Waals surface area contributed by atoms with Gasteiger partial charge in [-0.15, -0.1) is 0 Å². The fourth-order valence-corrected chi connectivity index (χ4v) is 3.92. The van der Waals surface area contributed by atoms with E-state index < -0.39 is 5.82 Å². The summed E-state index contributed by atoms with van der Waals surface area (Å²) in [5.74, 6) is 0.307. The molecule has 0 atom stereocenters. The summed E-state index contributed by atoms with van der Waals surface area (Å²) >= 11 is 0. The van der Waals surface area contributed by atoms with Crippen molar-refractivity contribution in [1.82, 2.24) is 15.2 Å². The van der Waals surface area contributed by atoms with Crippen LogP contribution in [0.15, 0.2) is 54.7 Å². The molecular formula is C27H29FN4O3. The smallest absolute Gasteiger partial charge is 0.322 e. The maximum absolute atomic E-state index is 14.4. The molecule has 0 fully saturated rings. The first kappa shape index (κ1) is 24.2. The van der Waals surface area contributed by atoms with Gasteiger partial charge in [0.2, 0.25) is 0 Å². The van der Waals surface area contributed by atoms with Crippen LogP contribution in [0.25, 0.3) is 0 Å². The summed E-state index contributed by atoms with van der Waals surface area (Å²) in [6, 6.07) is 13.4. The lowest BCUT2D eigenvalue weighted by atomic mass is 9.87. The fourth-order valence-electron chi connectivity index (χ4n) is 3.92. The van der Waals surface area contributed by atoms with Gasteiger partial charge >= 0.3 is 6.03 Å². The van der Waals surface area contributed by atoms with Crippen LogP contribution < -0.4 is 15.4 Å². The molecule has 3 aromatic rings.